The van der Waals surface area contributed by atoms with Crippen molar-refractivity contribution >= 4 is 17.7 Å². The van der Waals surface area contributed by atoms with Gasteiger partial charge >= 0.3 is 6.09 Å². The van der Waals surface area contributed by atoms with Gasteiger partial charge in [-0.15, -0.1) is 0 Å². The summed E-state index contributed by atoms with van der Waals surface area (Å²) in [6.45, 7) is 1.04. The van der Waals surface area contributed by atoms with Gasteiger partial charge in [0.25, 0.3) is 0 Å². The molecule has 1 aliphatic heterocycles. The van der Waals surface area contributed by atoms with Crippen LogP contribution in [0.2, 0.25) is 5.02 Å². The fourth-order valence-corrected chi connectivity index (χ4v) is 4.15. The number of hydrogen-bond acceptors (Lipinski definition) is 2. The maximum Gasteiger partial charge on any atom is 0.410 e. The lowest BCUT2D eigenvalue weighted by Crippen LogP contribution is -2.37. The topological polar surface area (TPSA) is 29.5 Å². The third kappa shape index (κ3) is 2.59. The zero-order valence-electron chi connectivity index (χ0n) is 12.7. The molecule has 0 saturated carbocycles. The zero-order chi connectivity index (χ0) is 15.8. The van der Waals surface area contributed by atoms with Crippen LogP contribution in [0.1, 0.15) is 41.5 Å². The lowest BCUT2D eigenvalue weighted by molar-refractivity contribution is 0.0694. The van der Waals surface area contributed by atoms with E-state index in [0.717, 1.165) is 30.0 Å². The van der Waals surface area contributed by atoms with Gasteiger partial charge in [0.15, 0.2) is 0 Å². The van der Waals surface area contributed by atoms with E-state index in [1.54, 1.807) is 0 Å². The quantitative estimate of drug-likeness (QED) is 0.784. The zero-order valence-corrected chi connectivity index (χ0v) is 13.5. The number of rotatable bonds is 2. The van der Waals surface area contributed by atoms with E-state index in [0.29, 0.717) is 12.5 Å². The van der Waals surface area contributed by atoms with E-state index >= 15 is 0 Å². The number of carbonyl (C=O) groups excluding carboxylic acids is 1. The third-order valence-corrected chi connectivity index (χ3v) is 5.23. The first-order chi connectivity index (χ1) is 11.2. The van der Waals surface area contributed by atoms with Crippen LogP contribution in [0.25, 0.3) is 0 Å². The van der Waals surface area contributed by atoms with Crippen molar-refractivity contribution in [2.75, 3.05) is 6.54 Å². The van der Waals surface area contributed by atoms with Crippen LogP contribution in [0.3, 0.4) is 0 Å². The first kappa shape index (κ1) is 14.6. The Labute approximate surface area is 140 Å². The van der Waals surface area contributed by atoms with Crippen LogP contribution in [0, 0.1) is 0 Å². The molecule has 2 atom stereocenters. The fraction of sp³-hybridized carbons (Fsp3) is 0.316. The van der Waals surface area contributed by atoms with Crippen LogP contribution in [-0.2, 0) is 11.3 Å². The molecule has 1 aliphatic carbocycles. The lowest BCUT2D eigenvalue weighted by Gasteiger charge is -2.32. The van der Waals surface area contributed by atoms with Gasteiger partial charge in [-0.2, -0.15) is 0 Å². The Morgan fingerprint density at radius 1 is 1.17 bits per heavy atom. The molecule has 0 radical (unpaired) electrons. The summed E-state index contributed by atoms with van der Waals surface area (Å²) in [5.41, 5.74) is 3.43. The Bertz CT molecular complexity index is 731. The number of ether oxygens (including phenoxy) is 1. The number of benzene rings is 2. The van der Waals surface area contributed by atoms with E-state index in [1.165, 1.54) is 11.1 Å². The van der Waals surface area contributed by atoms with Crippen LogP contribution in [-0.4, -0.2) is 17.5 Å². The normalized spacial score (nSPS) is 21.9. The van der Waals surface area contributed by atoms with Gasteiger partial charge in [0.05, 0.1) is 6.04 Å². The molecular weight excluding hydrogens is 310 g/mol. The standard InChI is InChI=1S/C19H18ClNO2/c20-16-8-4-7-15-17-11-14(18(15)16)9-10-21(17)19(22)23-12-13-5-2-1-3-6-13/h1-8,14,17H,9-12H2/t14-,17-/m1/s1. The summed E-state index contributed by atoms with van der Waals surface area (Å²) in [6.07, 6.45) is 1.68. The summed E-state index contributed by atoms with van der Waals surface area (Å²) in [4.78, 5) is 14.4. The Morgan fingerprint density at radius 3 is 2.83 bits per heavy atom. The van der Waals surface area contributed by atoms with E-state index in [1.807, 2.05) is 47.4 Å². The molecule has 4 rings (SSSR count). The van der Waals surface area contributed by atoms with E-state index in [2.05, 4.69) is 6.07 Å². The molecule has 0 spiro atoms. The summed E-state index contributed by atoms with van der Waals surface area (Å²) in [5, 5.41) is 0.828. The minimum absolute atomic E-state index is 0.103. The minimum Gasteiger partial charge on any atom is -0.445 e. The summed E-state index contributed by atoms with van der Waals surface area (Å²) < 4.78 is 5.52. The average molecular weight is 328 g/mol. The van der Waals surface area contributed by atoms with Crippen LogP contribution in [0.5, 0.6) is 0 Å². The third-order valence-electron chi connectivity index (χ3n) is 4.90. The van der Waals surface area contributed by atoms with E-state index in [9.17, 15) is 4.79 Å². The Kier molecular flexibility index (Phi) is 3.74. The lowest BCUT2D eigenvalue weighted by atomic mass is 9.96. The van der Waals surface area contributed by atoms with Gasteiger partial charge in [-0.25, -0.2) is 4.79 Å². The maximum atomic E-state index is 12.5. The highest BCUT2D eigenvalue weighted by molar-refractivity contribution is 6.31. The average Bonchev–Trinajstić information content (AvgIpc) is 2.88. The van der Waals surface area contributed by atoms with Crippen LogP contribution < -0.4 is 0 Å². The highest BCUT2D eigenvalue weighted by Gasteiger charge is 2.42. The molecule has 1 amide bonds. The van der Waals surface area contributed by atoms with Crippen molar-refractivity contribution in [2.45, 2.75) is 31.4 Å². The van der Waals surface area contributed by atoms with E-state index in [-0.39, 0.29) is 12.1 Å². The van der Waals surface area contributed by atoms with Gasteiger partial charge in [0.2, 0.25) is 0 Å². The van der Waals surface area contributed by atoms with E-state index < -0.39 is 0 Å². The number of hydrogen-bond donors (Lipinski definition) is 0. The van der Waals surface area contributed by atoms with Gasteiger partial charge in [0, 0.05) is 11.6 Å². The van der Waals surface area contributed by atoms with Crippen molar-refractivity contribution in [1.29, 1.82) is 0 Å². The highest BCUT2D eigenvalue weighted by atomic mass is 35.5. The SMILES string of the molecule is O=C(OCc1ccccc1)N1CC[C@@H]2C[C@@H]1c1cccc(Cl)c12. The second kappa shape index (κ2) is 5.89. The summed E-state index contributed by atoms with van der Waals surface area (Å²) in [7, 11) is 0. The number of likely N-dealkylation sites (tertiary alicyclic amines) is 1. The molecule has 1 heterocycles. The minimum atomic E-state index is -0.231. The first-order valence-electron chi connectivity index (χ1n) is 7.99. The predicted molar refractivity (Wildman–Crippen MR) is 89.5 cm³/mol. The van der Waals surface area contributed by atoms with Crippen molar-refractivity contribution in [3.05, 3.63) is 70.2 Å². The van der Waals surface area contributed by atoms with Crippen molar-refractivity contribution in [3.8, 4) is 0 Å². The van der Waals surface area contributed by atoms with Crippen molar-refractivity contribution in [3.63, 3.8) is 0 Å². The van der Waals surface area contributed by atoms with Crippen LogP contribution >= 0.6 is 11.6 Å². The molecule has 118 valence electrons. The molecular formula is C19H18ClNO2. The Morgan fingerprint density at radius 2 is 2.00 bits per heavy atom. The van der Waals surface area contributed by atoms with Gasteiger partial charge in [-0.3, -0.25) is 0 Å². The number of fused-ring (bicyclic) bond motifs is 5. The largest absolute Gasteiger partial charge is 0.445 e. The number of piperidine rings is 1. The first-order valence-corrected chi connectivity index (χ1v) is 8.37. The second-order valence-electron chi connectivity index (χ2n) is 6.21. The van der Waals surface area contributed by atoms with Crippen molar-refractivity contribution in [2.24, 2.45) is 0 Å². The highest BCUT2D eigenvalue weighted by Crippen LogP contribution is 2.51. The van der Waals surface area contributed by atoms with E-state index in [4.69, 9.17) is 16.3 Å². The summed E-state index contributed by atoms with van der Waals surface area (Å²) >= 11 is 6.37. The summed E-state index contributed by atoms with van der Waals surface area (Å²) in [6, 6.07) is 15.9. The number of carbonyl (C=O) groups is 1. The number of amides is 1. The predicted octanol–water partition coefficient (Wildman–Crippen LogP) is 4.91. The smallest absolute Gasteiger partial charge is 0.410 e. The molecule has 4 heteroatoms. The molecule has 23 heavy (non-hydrogen) atoms. The Balaban J connectivity index is 1.51. The van der Waals surface area contributed by atoms with Gasteiger partial charge in [-0.05, 0) is 41.5 Å². The second-order valence-corrected chi connectivity index (χ2v) is 6.62. The monoisotopic (exact) mass is 327 g/mol. The number of halogens is 1. The molecule has 2 aliphatic rings. The molecule has 2 aromatic rings. The molecule has 0 N–H and O–H groups in total. The van der Waals surface area contributed by atoms with Gasteiger partial charge in [-0.1, -0.05) is 54.1 Å². The van der Waals surface area contributed by atoms with Gasteiger partial charge in [0.1, 0.15) is 6.61 Å². The molecule has 2 bridgehead atoms. The molecule has 0 aromatic heterocycles. The van der Waals surface area contributed by atoms with Crippen LogP contribution in [0.4, 0.5) is 4.79 Å². The molecule has 1 saturated heterocycles. The fourth-order valence-electron chi connectivity index (χ4n) is 3.82. The van der Waals surface area contributed by atoms with Crippen molar-refractivity contribution < 1.29 is 9.53 Å². The van der Waals surface area contributed by atoms with Crippen molar-refractivity contribution in [1.82, 2.24) is 4.90 Å². The Hall–Kier alpha value is -2.00. The molecule has 3 nitrogen and oxygen atoms in total. The maximum absolute atomic E-state index is 12.5. The molecule has 2 aromatic carbocycles. The molecule has 1 fully saturated rings. The molecule has 0 unspecified atom stereocenters. The summed E-state index contributed by atoms with van der Waals surface area (Å²) in [5.74, 6) is 0.474. The van der Waals surface area contributed by atoms with Crippen LogP contribution in [0.15, 0.2) is 48.5 Å². The van der Waals surface area contributed by atoms with Gasteiger partial charge < -0.3 is 9.64 Å². The number of nitrogens with zero attached hydrogens (tertiary/aromatic N) is 1.